The molecule has 0 saturated heterocycles. The number of amides is 1. The van der Waals surface area contributed by atoms with Crippen LogP contribution in [0.5, 0.6) is 5.75 Å². The zero-order valence-electron chi connectivity index (χ0n) is 14.9. The minimum atomic E-state index is -0.530. The van der Waals surface area contributed by atoms with Crippen molar-refractivity contribution in [2.24, 2.45) is 0 Å². The smallest absolute Gasteiger partial charge is 0.286 e. The number of ether oxygens (including phenoxy) is 3. The van der Waals surface area contributed by atoms with Gasteiger partial charge in [0.15, 0.2) is 5.76 Å². The third kappa shape index (κ3) is 5.80. The van der Waals surface area contributed by atoms with Crippen LogP contribution in [0.1, 0.15) is 30.7 Å². The van der Waals surface area contributed by atoms with Crippen molar-refractivity contribution < 1.29 is 24.1 Å². The second kappa shape index (κ2) is 10.5. The van der Waals surface area contributed by atoms with Crippen molar-refractivity contribution in [3.05, 3.63) is 41.7 Å². The van der Waals surface area contributed by atoms with E-state index in [4.69, 9.17) is 25.7 Å². The number of unbranched alkanes of at least 4 members (excludes halogenated alkanes) is 1. The summed E-state index contributed by atoms with van der Waals surface area (Å²) in [4.78, 5) is 12.2. The molecule has 2 rings (SSSR count). The summed E-state index contributed by atoms with van der Waals surface area (Å²) in [5, 5.41) is 11.5. The Balaban J connectivity index is 2.11. The van der Waals surface area contributed by atoms with E-state index < -0.39 is 6.29 Å². The Hall–Kier alpha value is -2.49. The summed E-state index contributed by atoms with van der Waals surface area (Å²) in [5.74, 6) is 2.97. The number of hydrogen-bond donors (Lipinski definition) is 2. The van der Waals surface area contributed by atoms with Gasteiger partial charge < -0.3 is 24.6 Å². The molecule has 1 aromatic carbocycles. The maximum Gasteiger partial charge on any atom is 0.286 e. The van der Waals surface area contributed by atoms with Gasteiger partial charge in [-0.3, -0.25) is 4.79 Å². The van der Waals surface area contributed by atoms with Crippen molar-refractivity contribution >= 4 is 5.91 Å². The second-order valence-electron chi connectivity index (χ2n) is 5.88. The molecule has 140 valence electrons. The van der Waals surface area contributed by atoms with Crippen LogP contribution < -0.4 is 10.1 Å². The first-order valence-electron chi connectivity index (χ1n) is 8.64. The van der Waals surface area contributed by atoms with Crippen molar-refractivity contribution in [1.29, 1.82) is 0 Å². The zero-order valence-corrected chi connectivity index (χ0v) is 14.9. The molecular weight excluding hydrogens is 334 g/mol. The molecular formula is C20H25NO5. The van der Waals surface area contributed by atoms with Gasteiger partial charge in [-0.05, 0) is 36.6 Å². The predicted octanol–water partition coefficient (Wildman–Crippen LogP) is 1.95. The molecule has 2 N–H and O–H groups in total. The van der Waals surface area contributed by atoms with Gasteiger partial charge in [-0.1, -0.05) is 18.1 Å². The van der Waals surface area contributed by atoms with Crippen LogP contribution >= 0.6 is 0 Å². The van der Waals surface area contributed by atoms with Crippen LogP contribution in [0.3, 0.4) is 0 Å². The zero-order chi connectivity index (χ0) is 18.8. The standard InChI is InChI=1S/C20H25NO5/c1-3-10-21-20(23)18-13-16(15-6-8-17(24-2)9-7-15)14-19(26-18)25-12-5-4-11-22/h1,6-9,13,16,19,22H,4-5,10-12,14H2,2H3,(H,21,23)/t16-,19+/m0/s1. The first-order chi connectivity index (χ1) is 12.7. The molecule has 6 nitrogen and oxygen atoms in total. The minimum Gasteiger partial charge on any atom is -0.497 e. The number of carbonyl (C=O) groups excluding carboxylic acids is 1. The summed E-state index contributed by atoms with van der Waals surface area (Å²) in [6.45, 7) is 0.720. The highest BCUT2D eigenvalue weighted by atomic mass is 16.7. The van der Waals surface area contributed by atoms with Crippen LogP contribution in [0.4, 0.5) is 0 Å². The number of carbonyl (C=O) groups is 1. The summed E-state index contributed by atoms with van der Waals surface area (Å²) >= 11 is 0. The van der Waals surface area contributed by atoms with Gasteiger partial charge in [0.1, 0.15) is 5.75 Å². The Kier molecular flexibility index (Phi) is 8.00. The molecule has 1 aliphatic rings. The molecule has 0 aliphatic carbocycles. The van der Waals surface area contributed by atoms with Gasteiger partial charge in [-0.2, -0.15) is 0 Å². The molecule has 2 atom stereocenters. The Morgan fingerprint density at radius 2 is 2.15 bits per heavy atom. The van der Waals surface area contributed by atoms with Gasteiger partial charge in [-0.15, -0.1) is 6.42 Å². The molecule has 1 heterocycles. The molecule has 0 bridgehead atoms. The third-order valence-corrected chi connectivity index (χ3v) is 4.03. The fraction of sp³-hybridized carbons (Fsp3) is 0.450. The normalized spacial score (nSPS) is 19.0. The topological polar surface area (TPSA) is 77.0 Å². The van der Waals surface area contributed by atoms with E-state index in [0.717, 1.165) is 17.7 Å². The first kappa shape index (κ1) is 19.8. The van der Waals surface area contributed by atoms with Crippen molar-refractivity contribution in [3.63, 3.8) is 0 Å². The highest BCUT2D eigenvalue weighted by Crippen LogP contribution is 2.32. The Morgan fingerprint density at radius 1 is 1.38 bits per heavy atom. The van der Waals surface area contributed by atoms with E-state index in [1.165, 1.54) is 0 Å². The number of allylic oxidation sites excluding steroid dienone is 1. The van der Waals surface area contributed by atoms with Gasteiger partial charge in [-0.25, -0.2) is 0 Å². The van der Waals surface area contributed by atoms with Gasteiger partial charge in [0.25, 0.3) is 5.91 Å². The van der Waals surface area contributed by atoms with Gasteiger partial charge in [0.2, 0.25) is 6.29 Å². The summed E-state index contributed by atoms with van der Waals surface area (Å²) < 4.78 is 16.6. The number of terminal acetylenes is 1. The summed E-state index contributed by atoms with van der Waals surface area (Å²) in [6, 6.07) is 7.69. The lowest BCUT2D eigenvalue weighted by Crippen LogP contribution is -2.33. The number of hydrogen-bond acceptors (Lipinski definition) is 5. The predicted molar refractivity (Wildman–Crippen MR) is 97.4 cm³/mol. The molecule has 26 heavy (non-hydrogen) atoms. The molecule has 1 amide bonds. The van der Waals surface area contributed by atoms with Crippen LogP contribution in [0.25, 0.3) is 0 Å². The van der Waals surface area contributed by atoms with E-state index in [1.54, 1.807) is 13.2 Å². The van der Waals surface area contributed by atoms with Gasteiger partial charge >= 0.3 is 0 Å². The van der Waals surface area contributed by atoms with Gasteiger partial charge in [0.05, 0.1) is 20.3 Å². The molecule has 1 aromatic rings. The maximum atomic E-state index is 12.2. The average molecular weight is 359 g/mol. The van der Waals surface area contributed by atoms with Crippen LogP contribution in [0.15, 0.2) is 36.1 Å². The molecule has 0 radical (unpaired) electrons. The van der Waals surface area contributed by atoms with E-state index in [1.807, 2.05) is 24.3 Å². The quantitative estimate of drug-likeness (QED) is 0.521. The molecule has 0 unspecified atom stereocenters. The number of aliphatic hydroxyl groups excluding tert-OH is 1. The van der Waals surface area contributed by atoms with Crippen LogP contribution in [-0.4, -0.2) is 44.2 Å². The fourth-order valence-electron chi connectivity index (χ4n) is 2.65. The van der Waals surface area contributed by atoms with Crippen LogP contribution in [-0.2, 0) is 14.3 Å². The van der Waals surface area contributed by atoms with E-state index in [0.29, 0.717) is 19.4 Å². The lowest BCUT2D eigenvalue weighted by Gasteiger charge is -2.29. The summed E-state index contributed by atoms with van der Waals surface area (Å²) in [5.41, 5.74) is 1.04. The Bertz CT molecular complexity index is 647. The van der Waals surface area contributed by atoms with Crippen molar-refractivity contribution in [2.75, 3.05) is 26.9 Å². The largest absolute Gasteiger partial charge is 0.497 e. The SMILES string of the molecule is C#CCNC(=O)C1=C[C@H](c2ccc(OC)cc2)C[C@H](OCCCCO)O1. The van der Waals surface area contributed by atoms with Crippen molar-refractivity contribution in [1.82, 2.24) is 5.32 Å². The Morgan fingerprint density at radius 3 is 2.81 bits per heavy atom. The Labute approximate surface area is 154 Å². The number of nitrogens with one attached hydrogen (secondary N) is 1. The number of aliphatic hydroxyl groups is 1. The van der Waals surface area contributed by atoms with Crippen LogP contribution in [0, 0.1) is 12.3 Å². The van der Waals surface area contributed by atoms with Gasteiger partial charge in [0, 0.05) is 18.9 Å². The number of rotatable bonds is 9. The summed E-state index contributed by atoms with van der Waals surface area (Å²) in [6.07, 6.45) is 8.44. The molecule has 0 spiro atoms. The molecule has 0 saturated carbocycles. The highest BCUT2D eigenvalue weighted by molar-refractivity contribution is 5.91. The average Bonchev–Trinajstić information content (AvgIpc) is 2.69. The minimum absolute atomic E-state index is 0.0240. The van der Waals surface area contributed by atoms with E-state index in [-0.39, 0.29) is 30.7 Å². The lowest BCUT2D eigenvalue weighted by molar-refractivity contribution is -0.146. The molecule has 0 fully saturated rings. The molecule has 0 aromatic heterocycles. The first-order valence-corrected chi connectivity index (χ1v) is 8.64. The fourth-order valence-corrected chi connectivity index (χ4v) is 2.65. The van der Waals surface area contributed by atoms with Crippen molar-refractivity contribution in [3.8, 4) is 18.1 Å². The van der Waals surface area contributed by atoms with Crippen molar-refractivity contribution in [2.45, 2.75) is 31.5 Å². The van der Waals surface area contributed by atoms with E-state index in [9.17, 15) is 4.79 Å². The number of methoxy groups -OCH3 is 1. The molecule has 6 heteroatoms. The van der Waals surface area contributed by atoms with E-state index in [2.05, 4.69) is 11.2 Å². The second-order valence-corrected chi connectivity index (χ2v) is 5.88. The van der Waals surface area contributed by atoms with Crippen LogP contribution in [0.2, 0.25) is 0 Å². The number of benzene rings is 1. The highest BCUT2D eigenvalue weighted by Gasteiger charge is 2.28. The lowest BCUT2D eigenvalue weighted by atomic mass is 9.93. The third-order valence-electron chi connectivity index (χ3n) is 4.03. The van der Waals surface area contributed by atoms with E-state index >= 15 is 0 Å². The maximum absolute atomic E-state index is 12.2. The summed E-state index contributed by atoms with van der Waals surface area (Å²) in [7, 11) is 1.62. The molecule has 1 aliphatic heterocycles. The monoisotopic (exact) mass is 359 g/mol.